The molecule has 0 heterocycles. The Hall–Kier alpha value is -1.26. The summed E-state index contributed by atoms with van der Waals surface area (Å²) in [5, 5.41) is 2.54. The Balaban J connectivity index is 3.64. The molecule has 0 saturated heterocycles. The summed E-state index contributed by atoms with van der Waals surface area (Å²) >= 11 is 0. The molecule has 0 saturated carbocycles. The van der Waals surface area contributed by atoms with Crippen LogP contribution in [0.15, 0.2) is 5.28 Å². The first kappa shape index (κ1) is 7.74. The van der Waals surface area contributed by atoms with Gasteiger partial charge in [0.05, 0.1) is 0 Å². The molecule has 2 N–H and O–H groups in total. The summed E-state index contributed by atoms with van der Waals surface area (Å²) in [6.45, 7) is 1.43. The minimum Gasteiger partial charge on any atom is -0.357 e. The maximum absolute atomic E-state index is 10.3. The van der Waals surface area contributed by atoms with Crippen LogP contribution in [0.3, 0.4) is 0 Å². The molecule has 0 aliphatic heterocycles. The predicted molar refractivity (Wildman–Crippen MR) is 28.9 cm³/mol. The Labute approximate surface area is 51.2 Å². The third-order valence-corrected chi connectivity index (χ3v) is 0.539. The molecule has 0 aromatic carbocycles. The molecule has 1 atom stereocenters. The Bertz CT molecular complexity index is 148. The molecule has 9 heavy (non-hydrogen) atoms. The maximum atomic E-state index is 10.3. The number of carbonyl (C=O) groups excluding carboxylic acids is 1. The normalized spacial score (nSPS) is 11.3. The van der Waals surface area contributed by atoms with E-state index in [1.165, 1.54) is 6.92 Å². The van der Waals surface area contributed by atoms with Crippen LogP contribution in [0.5, 0.6) is 0 Å². The van der Waals surface area contributed by atoms with Crippen LogP contribution in [-0.4, -0.2) is 12.0 Å². The van der Waals surface area contributed by atoms with Crippen molar-refractivity contribution in [2.75, 3.05) is 0 Å². The van der Waals surface area contributed by atoms with Crippen molar-refractivity contribution >= 4 is 5.97 Å². The van der Waals surface area contributed by atoms with Crippen molar-refractivity contribution < 1.29 is 9.63 Å². The summed E-state index contributed by atoms with van der Waals surface area (Å²) in [4.78, 5) is 16.4. The summed E-state index contributed by atoms with van der Waals surface area (Å²) in [7, 11) is 0. The number of hydrogen-bond donors (Lipinski definition) is 1. The van der Waals surface area contributed by atoms with E-state index >= 15 is 0 Å². The van der Waals surface area contributed by atoms with Crippen molar-refractivity contribution in [1.29, 1.82) is 0 Å². The fourth-order valence-electron chi connectivity index (χ4n) is 0.142. The highest BCUT2D eigenvalue weighted by molar-refractivity contribution is 5.74. The second-order valence-corrected chi connectivity index (χ2v) is 1.37. The summed E-state index contributed by atoms with van der Waals surface area (Å²) in [6.07, 6.45) is 0. The molecule has 6 nitrogen and oxygen atoms in total. The average molecular weight is 130 g/mol. The van der Waals surface area contributed by atoms with Crippen LogP contribution in [-0.2, 0) is 9.63 Å². The zero-order valence-corrected chi connectivity index (χ0v) is 4.81. The molecule has 0 amide bonds. The Morgan fingerprint density at radius 1 is 2.00 bits per heavy atom. The largest absolute Gasteiger partial charge is 0.357 e. The van der Waals surface area contributed by atoms with Gasteiger partial charge in [-0.3, -0.25) is 0 Å². The van der Waals surface area contributed by atoms with E-state index in [0.29, 0.717) is 0 Å². The van der Waals surface area contributed by atoms with Crippen molar-refractivity contribution in [1.82, 2.24) is 0 Å². The summed E-state index contributed by atoms with van der Waals surface area (Å²) < 4.78 is 0. The van der Waals surface area contributed by atoms with Gasteiger partial charge in [0.1, 0.15) is 11.3 Å². The number of nitrogens with two attached hydrogens (primary N) is 1. The molecule has 0 radical (unpaired) electrons. The highest BCUT2D eigenvalue weighted by Gasteiger charge is 2.06. The van der Waals surface area contributed by atoms with E-state index in [-0.39, 0.29) is 0 Å². The van der Waals surface area contributed by atoms with Gasteiger partial charge in [-0.25, -0.2) is 4.79 Å². The van der Waals surface area contributed by atoms with Gasteiger partial charge in [0, 0.05) is 4.91 Å². The fourth-order valence-corrected chi connectivity index (χ4v) is 0.142. The molecule has 50 valence electrons. The van der Waals surface area contributed by atoms with Crippen molar-refractivity contribution in [3.63, 3.8) is 0 Å². The average Bonchev–Trinajstić information content (AvgIpc) is 1.82. The van der Waals surface area contributed by atoms with Gasteiger partial charge in [0.15, 0.2) is 0 Å². The molecule has 0 fully saturated rings. The zero-order chi connectivity index (χ0) is 7.28. The number of azide groups is 1. The van der Waals surface area contributed by atoms with Gasteiger partial charge in [-0.2, -0.15) is 0 Å². The third kappa shape index (κ3) is 3.33. The molecule has 0 rings (SSSR count). The topological polar surface area (TPSA) is 101 Å². The minimum absolute atomic E-state index is 0.743. The highest BCUT2D eigenvalue weighted by atomic mass is 16.7. The molecule has 0 spiro atoms. The first-order valence-electron chi connectivity index (χ1n) is 2.19. The number of carbonyl (C=O) groups is 1. The van der Waals surface area contributed by atoms with Gasteiger partial charge >= 0.3 is 5.97 Å². The molecule has 0 bridgehead atoms. The second kappa shape index (κ2) is 3.71. The molecule has 0 unspecified atom stereocenters. The fraction of sp³-hybridized carbons (Fsp3) is 0.667. The number of nitrogens with zero attached hydrogens (tertiary/aromatic N) is 3. The molecular weight excluding hydrogens is 124 g/mol. The summed E-state index contributed by atoms with van der Waals surface area (Å²) in [5.41, 5.74) is 12.7. The molecule has 0 aromatic heterocycles. The first-order valence-corrected chi connectivity index (χ1v) is 2.19. The standard InChI is InChI=1S/C3H6N4O2/c1-2(4)3(8)9-7-6-5/h2H,4H2,1H3/t2-/m1/s1. The Morgan fingerprint density at radius 2 is 2.56 bits per heavy atom. The minimum atomic E-state index is -0.754. The van der Waals surface area contributed by atoms with Crippen LogP contribution in [0, 0.1) is 0 Å². The van der Waals surface area contributed by atoms with Crippen LogP contribution < -0.4 is 5.73 Å². The van der Waals surface area contributed by atoms with E-state index in [9.17, 15) is 4.79 Å². The van der Waals surface area contributed by atoms with Gasteiger partial charge in [-0.1, -0.05) is 0 Å². The number of rotatable bonds is 2. The lowest BCUT2D eigenvalue weighted by Crippen LogP contribution is -2.27. The monoisotopic (exact) mass is 130 g/mol. The van der Waals surface area contributed by atoms with Gasteiger partial charge in [0.25, 0.3) is 0 Å². The smallest absolute Gasteiger partial charge is 0.334 e. The second-order valence-electron chi connectivity index (χ2n) is 1.37. The third-order valence-electron chi connectivity index (χ3n) is 0.539. The Morgan fingerprint density at radius 3 is 2.89 bits per heavy atom. The predicted octanol–water partition coefficient (Wildman–Crippen LogP) is 0.102. The van der Waals surface area contributed by atoms with E-state index in [1.807, 2.05) is 0 Å². The lowest BCUT2D eigenvalue weighted by molar-refractivity contribution is -0.145. The lowest BCUT2D eigenvalue weighted by atomic mass is 10.4. The first-order chi connectivity index (χ1) is 4.18. The van der Waals surface area contributed by atoms with Crippen molar-refractivity contribution in [2.45, 2.75) is 13.0 Å². The molecule has 0 aliphatic carbocycles. The van der Waals surface area contributed by atoms with Crippen LogP contribution in [0.2, 0.25) is 0 Å². The molecule has 0 aliphatic rings. The van der Waals surface area contributed by atoms with Crippen molar-refractivity contribution in [3.8, 4) is 0 Å². The Kier molecular flexibility index (Phi) is 3.19. The SMILES string of the molecule is C[C@@H](N)C(=O)ON=[N+]=[N-]. The summed E-state index contributed by atoms with van der Waals surface area (Å²) in [6, 6.07) is -0.754. The van der Waals surface area contributed by atoms with E-state index in [2.05, 4.69) is 15.0 Å². The summed E-state index contributed by atoms with van der Waals surface area (Å²) in [5.74, 6) is -0.743. The highest BCUT2D eigenvalue weighted by Crippen LogP contribution is 1.83. The van der Waals surface area contributed by atoms with E-state index in [0.717, 1.165) is 0 Å². The van der Waals surface area contributed by atoms with Crippen LogP contribution in [0.1, 0.15) is 6.92 Å². The lowest BCUT2D eigenvalue weighted by Gasteiger charge is -1.97. The number of hydrogen-bond acceptors (Lipinski definition) is 4. The maximum Gasteiger partial charge on any atom is 0.334 e. The van der Waals surface area contributed by atoms with Gasteiger partial charge in [-0.15, -0.1) is 0 Å². The quantitative estimate of drug-likeness (QED) is 0.248. The van der Waals surface area contributed by atoms with Crippen LogP contribution >= 0.6 is 0 Å². The molecule has 6 heteroatoms. The van der Waals surface area contributed by atoms with Gasteiger partial charge in [-0.05, 0) is 12.5 Å². The zero-order valence-electron chi connectivity index (χ0n) is 4.81. The van der Waals surface area contributed by atoms with E-state index < -0.39 is 12.0 Å². The van der Waals surface area contributed by atoms with Crippen molar-refractivity contribution in [2.24, 2.45) is 11.0 Å². The van der Waals surface area contributed by atoms with E-state index in [1.54, 1.807) is 0 Å². The van der Waals surface area contributed by atoms with E-state index in [4.69, 9.17) is 11.3 Å². The molecular formula is C3H6N4O2. The van der Waals surface area contributed by atoms with Gasteiger partial charge < -0.3 is 10.6 Å². The van der Waals surface area contributed by atoms with Crippen molar-refractivity contribution in [3.05, 3.63) is 10.4 Å². The van der Waals surface area contributed by atoms with Gasteiger partial charge in [0.2, 0.25) is 0 Å². The molecule has 0 aromatic rings. The van der Waals surface area contributed by atoms with Crippen LogP contribution in [0.4, 0.5) is 0 Å². The van der Waals surface area contributed by atoms with Crippen LogP contribution in [0.25, 0.3) is 10.4 Å².